The van der Waals surface area contributed by atoms with Crippen LogP contribution in [0.15, 0.2) is 36.4 Å². The lowest BCUT2D eigenvalue weighted by atomic mass is 10.2. The molecule has 0 unspecified atom stereocenters. The van der Waals surface area contributed by atoms with Crippen molar-refractivity contribution >= 4 is 69.3 Å². The van der Waals surface area contributed by atoms with Crippen molar-refractivity contribution in [2.75, 3.05) is 44.9 Å². The van der Waals surface area contributed by atoms with E-state index in [0.29, 0.717) is 6.07 Å². The van der Waals surface area contributed by atoms with Crippen molar-refractivity contribution in [2.24, 2.45) is 0 Å². The van der Waals surface area contributed by atoms with Gasteiger partial charge >= 0.3 is 24.3 Å². The molecule has 260 valence electrons. The summed E-state index contributed by atoms with van der Waals surface area (Å²) >= 11 is 15.5. The van der Waals surface area contributed by atoms with Crippen molar-refractivity contribution in [1.82, 2.24) is 4.90 Å². The first-order chi connectivity index (χ1) is 21.2. The number of carbonyl (C=O) groups is 4. The third kappa shape index (κ3) is 20.0. The van der Waals surface area contributed by atoms with Gasteiger partial charge in [-0.05, 0) is 67.6 Å². The SMILES string of the molecule is CCN(CC)CC.COC(=O)CC(=O)Cl.COC(=O)CC(=O)Nc1ccc(Cl)c(C(F)(F)F)c1.Nc1ccc(Cl)c(C(F)(F)F)c1. The molecule has 0 saturated heterocycles. The van der Waals surface area contributed by atoms with Crippen LogP contribution in [0, 0.1) is 0 Å². The Labute approximate surface area is 277 Å². The Hall–Kier alpha value is -3.27. The number of anilines is 2. The van der Waals surface area contributed by atoms with E-state index in [1.807, 2.05) is 0 Å². The second-order valence-corrected chi connectivity index (χ2v) is 9.69. The highest BCUT2D eigenvalue weighted by Gasteiger charge is 2.34. The Morgan fingerprint density at radius 1 is 0.761 bits per heavy atom. The molecule has 46 heavy (non-hydrogen) atoms. The average Bonchev–Trinajstić information content (AvgIpc) is 2.95. The van der Waals surface area contributed by atoms with Crippen LogP contribution in [0.1, 0.15) is 44.7 Å². The Bertz CT molecular complexity index is 1270. The number of halogens is 9. The number of carbonyl (C=O) groups excluding carboxylic acids is 4. The van der Waals surface area contributed by atoms with Gasteiger partial charge in [-0.3, -0.25) is 19.2 Å². The topological polar surface area (TPSA) is 128 Å². The van der Waals surface area contributed by atoms with E-state index in [2.05, 4.69) is 40.5 Å². The van der Waals surface area contributed by atoms with Crippen molar-refractivity contribution in [3.05, 3.63) is 57.6 Å². The molecule has 0 spiro atoms. The Morgan fingerprint density at radius 3 is 1.50 bits per heavy atom. The predicted octanol–water partition coefficient (Wildman–Crippen LogP) is 7.46. The lowest BCUT2D eigenvalue weighted by molar-refractivity contribution is -0.144. The maximum Gasteiger partial charge on any atom is 0.417 e. The van der Waals surface area contributed by atoms with Crippen molar-refractivity contribution in [3.63, 3.8) is 0 Å². The number of ether oxygens (including phenoxy) is 2. The van der Waals surface area contributed by atoms with Crippen LogP contribution >= 0.6 is 34.8 Å². The van der Waals surface area contributed by atoms with Gasteiger partial charge in [-0.2, -0.15) is 26.3 Å². The van der Waals surface area contributed by atoms with Gasteiger partial charge in [0.05, 0.1) is 35.4 Å². The molecule has 0 aliphatic carbocycles. The summed E-state index contributed by atoms with van der Waals surface area (Å²) in [5.41, 5.74) is 3.14. The highest BCUT2D eigenvalue weighted by Crippen LogP contribution is 2.36. The van der Waals surface area contributed by atoms with Gasteiger partial charge in [0.15, 0.2) is 0 Å². The number of nitrogens with two attached hydrogens (primary N) is 1. The van der Waals surface area contributed by atoms with E-state index in [1.54, 1.807) is 0 Å². The van der Waals surface area contributed by atoms with Gasteiger partial charge in [0.25, 0.3) is 0 Å². The fraction of sp³-hybridized carbons (Fsp3) is 0.429. The maximum absolute atomic E-state index is 12.6. The monoisotopic (exact) mass is 727 g/mol. The summed E-state index contributed by atoms with van der Waals surface area (Å²) in [6.45, 7) is 10.1. The molecular weight excluding hydrogens is 695 g/mol. The van der Waals surface area contributed by atoms with E-state index < -0.39 is 58.0 Å². The first kappa shape index (κ1) is 44.9. The molecule has 0 bridgehead atoms. The normalized spacial score (nSPS) is 10.6. The fourth-order valence-corrected chi connectivity index (χ4v) is 3.40. The number of hydrogen-bond donors (Lipinski definition) is 2. The molecule has 2 aromatic carbocycles. The van der Waals surface area contributed by atoms with E-state index in [0.717, 1.165) is 25.3 Å². The first-order valence-corrected chi connectivity index (χ1v) is 14.1. The van der Waals surface area contributed by atoms with Crippen LogP contribution in [0.25, 0.3) is 0 Å². The molecule has 2 rings (SSSR count). The van der Waals surface area contributed by atoms with Crippen LogP contribution in [0.4, 0.5) is 37.7 Å². The number of hydrogen-bond acceptors (Lipinski definition) is 8. The Balaban J connectivity index is 0. The minimum atomic E-state index is -4.62. The van der Waals surface area contributed by atoms with E-state index in [4.69, 9.17) is 40.5 Å². The van der Waals surface area contributed by atoms with Crippen LogP contribution in [-0.4, -0.2) is 61.8 Å². The van der Waals surface area contributed by atoms with Crippen molar-refractivity contribution in [1.29, 1.82) is 0 Å². The molecule has 0 radical (unpaired) electrons. The van der Waals surface area contributed by atoms with Gasteiger partial charge in [0, 0.05) is 11.4 Å². The summed E-state index contributed by atoms with van der Waals surface area (Å²) in [7, 11) is 2.29. The average molecular weight is 729 g/mol. The molecule has 0 aromatic heterocycles. The number of nitrogens with one attached hydrogen (secondary N) is 1. The van der Waals surface area contributed by atoms with Crippen molar-refractivity contribution in [2.45, 2.75) is 46.0 Å². The molecule has 0 heterocycles. The predicted molar refractivity (Wildman–Crippen MR) is 164 cm³/mol. The molecule has 0 atom stereocenters. The summed E-state index contributed by atoms with van der Waals surface area (Å²) in [5.74, 6) is -2.17. The van der Waals surface area contributed by atoms with Gasteiger partial charge in [0.1, 0.15) is 12.8 Å². The van der Waals surface area contributed by atoms with Gasteiger partial charge < -0.3 is 25.4 Å². The number of esters is 2. The molecule has 3 N–H and O–H groups in total. The number of alkyl halides is 6. The minimum absolute atomic E-state index is 0.0479. The van der Waals surface area contributed by atoms with Gasteiger partial charge in [-0.25, -0.2) is 0 Å². The van der Waals surface area contributed by atoms with E-state index >= 15 is 0 Å². The van der Waals surface area contributed by atoms with E-state index in [1.165, 1.54) is 38.9 Å². The van der Waals surface area contributed by atoms with E-state index in [9.17, 15) is 45.5 Å². The Kier molecular flexibility index (Phi) is 21.7. The maximum atomic E-state index is 12.6. The standard InChI is InChI=1S/C11H9ClF3NO3.C7H5ClF3N.C6H15N.C4H5ClO3/c1-19-10(18)5-9(17)16-6-2-3-8(12)7(4-6)11(13,14)15;8-6-2-1-4(12)3-5(6)7(9,10)11;1-4-7(5-2)6-3;1-8-4(7)2-3(5)6/h2-4H,5H2,1H3,(H,16,17);1-3H,12H2;4-6H2,1-3H3;2H2,1H3. The van der Waals surface area contributed by atoms with Gasteiger partial charge in [0.2, 0.25) is 11.1 Å². The lowest BCUT2D eigenvalue weighted by Crippen LogP contribution is -2.21. The van der Waals surface area contributed by atoms with Crippen LogP contribution in [0.5, 0.6) is 0 Å². The van der Waals surface area contributed by atoms with Crippen molar-refractivity contribution in [3.8, 4) is 0 Å². The summed E-state index contributed by atoms with van der Waals surface area (Å²) < 4.78 is 82.3. The highest BCUT2D eigenvalue weighted by molar-refractivity contribution is 6.64. The lowest BCUT2D eigenvalue weighted by Gasteiger charge is -2.13. The molecular formula is C28H34Cl3F6N3O6. The zero-order valence-electron chi connectivity index (χ0n) is 25.4. The molecule has 0 saturated carbocycles. The zero-order chi connectivity index (χ0) is 36.3. The summed E-state index contributed by atoms with van der Waals surface area (Å²) in [4.78, 5) is 44.5. The Morgan fingerprint density at radius 2 is 1.17 bits per heavy atom. The van der Waals surface area contributed by atoms with E-state index in [-0.39, 0.29) is 22.8 Å². The molecule has 1 amide bonds. The highest BCUT2D eigenvalue weighted by atomic mass is 35.5. The second kappa shape index (κ2) is 22.3. The fourth-order valence-electron chi connectivity index (χ4n) is 2.85. The number of rotatable bonds is 8. The first-order valence-electron chi connectivity index (χ1n) is 13.0. The molecule has 2 aromatic rings. The van der Waals surface area contributed by atoms with Crippen LogP contribution in [-0.2, 0) is 41.0 Å². The summed E-state index contributed by atoms with van der Waals surface area (Å²) in [6, 6.07) is 6.15. The largest absolute Gasteiger partial charge is 0.469 e. The van der Waals surface area contributed by atoms with Crippen LogP contribution in [0.2, 0.25) is 10.0 Å². The summed E-state index contributed by atoms with van der Waals surface area (Å²) in [6.07, 6.45) is -9.99. The third-order valence-electron chi connectivity index (χ3n) is 5.24. The van der Waals surface area contributed by atoms with Crippen LogP contribution < -0.4 is 11.1 Å². The molecule has 18 heteroatoms. The molecule has 0 fully saturated rings. The van der Waals surface area contributed by atoms with Gasteiger partial charge in [-0.1, -0.05) is 44.0 Å². The zero-order valence-corrected chi connectivity index (χ0v) is 27.6. The molecule has 9 nitrogen and oxygen atoms in total. The minimum Gasteiger partial charge on any atom is -0.469 e. The van der Waals surface area contributed by atoms with Crippen LogP contribution in [0.3, 0.4) is 0 Å². The molecule has 0 aliphatic rings. The number of methoxy groups -OCH3 is 2. The van der Waals surface area contributed by atoms with Crippen molar-refractivity contribution < 1.29 is 55.0 Å². The number of amides is 1. The van der Waals surface area contributed by atoms with Gasteiger partial charge in [-0.15, -0.1) is 0 Å². The molecule has 0 aliphatic heterocycles. The summed E-state index contributed by atoms with van der Waals surface area (Å²) in [5, 5.41) is 0.641. The smallest absolute Gasteiger partial charge is 0.417 e. The second-order valence-electron chi connectivity index (χ2n) is 8.46. The quantitative estimate of drug-likeness (QED) is 0.0943. The number of benzene rings is 2. The third-order valence-corrected chi connectivity index (χ3v) is 6.03. The number of nitrogen functional groups attached to an aromatic ring is 1. The number of nitrogens with zero attached hydrogens (tertiary/aromatic N) is 1.